The van der Waals surface area contributed by atoms with Gasteiger partial charge < -0.3 is 4.74 Å². The van der Waals surface area contributed by atoms with Gasteiger partial charge in [0.1, 0.15) is 5.75 Å². The first kappa shape index (κ1) is 22.9. The molecule has 0 unspecified atom stereocenters. The molecular formula is C25H18N2O6S. The minimum Gasteiger partial charge on any atom is -0.423 e. The van der Waals surface area contributed by atoms with Crippen LogP contribution in [0, 0.1) is 17.0 Å². The molecule has 9 heteroatoms. The summed E-state index contributed by atoms with van der Waals surface area (Å²) < 4.78 is 5.37. The van der Waals surface area contributed by atoms with E-state index in [1.807, 2.05) is 19.1 Å². The van der Waals surface area contributed by atoms with E-state index in [2.05, 4.69) is 0 Å². The van der Waals surface area contributed by atoms with Crippen LogP contribution >= 0.6 is 11.8 Å². The summed E-state index contributed by atoms with van der Waals surface area (Å²) in [6.07, 6.45) is 1.55. The Morgan fingerprint density at radius 2 is 1.71 bits per heavy atom. The smallest absolute Gasteiger partial charge is 0.343 e. The number of rotatable bonds is 6. The Balaban J connectivity index is 1.45. The fraction of sp³-hybridized carbons (Fsp3) is 0.0800. The summed E-state index contributed by atoms with van der Waals surface area (Å²) in [5.41, 5.74) is 2.22. The molecule has 1 aliphatic heterocycles. The molecule has 2 amide bonds. The maximum Gasteiger partial charge on any atom is 0.343 e. The zero-order valence-electron chi connectivity index (χ0n) is 18.0. The van der Waals surface area contributed by atoms with Gasteiger partial charge in [0.2, 0.25) is 0 Å². The van der Waals surface area contributed by atoms with Gasteiger partial charge >= 0.3 is 5.97 Å². The second-order valence-corrected chi connectivity index (χ2v) is 8.47. The highest BCUT2D eigenvalue weighted by atomic mass is 32.2. The number of para-hydroxylation sites is 1. The lowest BCUT2D eigenvalue weighted by atomic mass is 10.1. The summed E-state index contributed by atoms with van der Waals surface area (Å²) in [5.74, 6) is -0.667. The molecule has 0 saturated carbocycles. The number of carbonyl (C=O) groups is 3. The number of ether oxygens (including phenoxy) is 1. The Labute approximate surface area is 199 Å². The summed E-state index contributed by atoms with van der Waals surface area (Å²) in [6, 6.07) is 19.5. The van der Waals surface area contributed by atoms with E-state index in [1.165, 1.54) is 18.2 Å². The highest BCUT2D eigenvalue weighted by molar-refractivity contribution is 8.18. The van der Waals surface area contributed by atoms with Crippen molar-refractivity contribution < 1.29 is 24.0 Å². The fourth-order valence-electron chi connectivity index (χ4n) is 3.27. The molecule has 0 aliphatic carbocycles. The lowest BCUT2D eigenvalue weighted by Crippen LogP contribution is -2.27. The molecule has 0 N–H and O–H groups in total. The van der Waals surface area contributed by atoms with Gasteiger partial charge in [-0.15, -0.1) is 0 Å². The number of carbonyl (C=O) groups excluding carboxylic acids is 3. The van der Waals surface area contributed by atoms with Gasteiger partial charge in [-0.2, -0.15) is 0 Å². The van der Waals surface area contributed by atoms with Crippen LogP contribution in [0.2, 0.25) is 0 Å². The van der Waals surface area contributed by atoms with Crippen LogP contribution in [-0.4, -0.2) is 26.9 Å². The lowest BCUT2D eigenvalue weighted by Gasteiger charge is -2.12. The molecule has 4 rings (SSSR count). The van der Waals surface area contributed by atoms with E-state index in [1.54, 1.807) is 48.5 Å². The maximum atomic E-state index is 12.8. The first-order valence-corrected chi connectivity index (χ1v) is 11.0. The van der Waals surface area contributed by atoms with Gasteiger partial charge in [-0.3, -0.25) is 24.6 Å². The van der Waals surface area contributed by atoms with Gasteiger partial charge in [-0.25, -0.2) is 4.79 Å². The van der Waals surface area contributed by atoms with Gasteiger partial charge in [0.15, 0.2) is 0 Å². The third-order valence-electron chi connectivity index (χ3n) is 5.07. The Morgan fingerprint density at radius 3 is 2.38 bits per heavy atom. The minimum absolute atomic E-state index is 0.152. The number of hydrogen-bond acceptors (Lipinski definition) is 7. The molecule has 0 atom stereocenters. The predicted molar refractivity (Wildman–Crippen MR) is 127 cm³/mol. The van der Waals surface area contributed by atoms with Crippen LogP contribution in [0.25, 0.3) is 6.08 Å². The summed E-state index contributed by atoms with van der Waals surface area (Å²) >= 11 is 0.767. The first-order chi connectivity index (χ1) is 16.3. The van der Waals surface area contributed by atoms with Crippen molar-refractivity contribution in [3.63, 3.8) is 0 Å². The second-order valence-electron chi connectivity index (χ2n) is 7.48. The van der Waals surface area contributed by atoms with Crippen molar-refractivity contribution in [1.29, 1.82) is 0 Å². The van der Waals surface area contributed by atoms with E-state index in [4.69, 9.17) is 4.74 Å². The molecule has 170 valence electrons. The van der Waals surface area contributed by atoms with Crippen molar-refractivity contribution in [2.75, 3.05) is 0 Å². The standard InChI is InChI=1S/C25H18N2O6S/c1-16-6-10-18(11-7-16)24(29)33-20-12-8-17(9-13-20)14-22-23(28)26(25(30)34-22)15-19-4-2-3-5-21(19)27(31)32/h2-14H,15H2,1H3/b22-14-. The number of aryl methyl sites for hydroxylation is 1. The number of nitrogens with zero attached hydrogens (tertiary/aromatic N) is 2. The molecule has 0 radical (unpaired) electrons. The third-order valence-corrected chi connectivity index (χ3v) is 5.97. The quantitative estimate of drug-likeness (QED) is 0.156. The highest BCUT2D eigenvalue weighted by Crippen LogP contribution is 2.34. The molecule has 1 fully saturated rings. The van der Waals surface area contributed by atoms with Crippen LogP contribution in [0.15, 0.2) is 77.7 Å². The zero-order chi connectivity index (χ0) is 24.2. The van der Waals surface area contributed by atoms with E-state index in [9.17, 15) is 24.5 Å². The molecule has 0 aromatic heterocycles. The van der Waals surface area contributed by atoms with Gasteiger partial charge in [0.25, 0.3) is 16.8 Å². The molecule has 1 aliphatic rings. The molecule has 1 heterocycles. The summed E-state index contributed by atoms with van der Waals surface area (Å²) in [7, 11) is 0. The number of nitro groups is 1. The third kappa shape index (κ3) is 5.05. The van der Waals surface area contributed by atoms with Crippen LogP contribution < -0.4 is 4.74 Å². The van der Waals surface area contributed by atoms with Crippen LogP contribution in [0.3, 0.4) is 0 Å². The largest absolute Gasteiger partial charge is 0.423 e. The predicted octanol–water partition coefficient (Wildman–Crippen LogP) is 5.36. The van der Waals surface area contributed by atoms with Gasteiger partial charge in [0, 0.05) is 11.6 Å². The normalized spacial score (nSPS) is 14.5. The van der Waals surface area contributed by atoms with Crippen molar-refractivity contribution in [1.82, 2.24) is 4.90 Å². The van der Waals surface area contributed by atoms with E-state index >= 15 is 0 Å². The number of imide groups is 1. The number of amides is 2. The maximum absolute atomic E-state index is 12.8. The Morgan fingerprint density at radius 1 is 1.03 bits per heavy atom. The molecule has 3 aromatic rings. The molecule has 8 nitrogen and oxygen atoms in total. The van der Waals surface area contributed by atoms with Crippen LogP contribution in [0.1, 0.15) is 27.0 Å². The van der Waals surface area contributed by atoms with Crippen molar-refractivity contribution >= 4 is 40.6 Å². The molecule has 1 saturated heterocycles. The van der Waals surface area contributed by atoms with E-state index < -0.39 is 22.0 Å². The van der Waals surface area contributed by atoms with E-state index in [0.717, 1.165) is 22.2 Å². The Hall–Kier alpha value is -4.24. The van der Waals surface area contributed by atoms with Crippen molar-refractivity contribution in [2.24, 2.45) is 0 Å². The van der Waals surface area contributed by atoms with Gasteiger partial charge in [-0.1, -0.05) is 48.0 Å². The zero-order valence-corrected chi connectivity index (χ0v) is 18.8. The van der Waals surface area contributed by atoms with Crippen molar-refractivity contribution in [2.45, 2.75) is 13.5 Å². The monoisotopic (exact) mass is 474 g/mol. The molecule has 0 spiro atoms. The van der Waals surface area contributed by atoms with E-state index in [0.29, 0.717) is 16.9 Å². The van der Waals surface area contributed by atoms with Gasteiger partial charge in [0.05, 0.1) is 21.9 Å². The molecule has 0 bridgehead atoms. The average Bonchev–Trinajstić information content (AvgIpc) is 3.08. The fourth-order valence-corrected chi connectivity index (χ4v) is 4.11. The minimum atomic E-state index is -0.544. The Bertz CT molecular complexity index is 1320. The molecular weight excluding hydrogens is 456 g/mol. The number of esters is 1. The van der Waals surface area contributed by atoms with Crippen LogP contribution in [0.5, 0.6) is 5.75 Å². The van der Waals surface area contributed by atoms with Crippen molar-refractivity contribution in [3.8, 4) is 5.75 Å². The number of hydrogen-bond donors (Lipinski definition) is 0. The summed E-state index contributed by atoms with van der Waals surface area (Å²) in [4.78, 5) is 49.3. The molecule has 3 aromatic carbocycles. The average molecular weight is 474 g/mol. The summed E-state index contributed by atoms with van der Waals surface area (Å²) in [5, 5.41) is 10.7. The second kappa shape index (κ2) is 9.72. The number of nitro benzene ring substituents is 1. The molecule has 34 heavy (non-hydrogen) atoms. The van der Waals surface area contributed by atoms with Crippen molar-refractivity contribution in [3.05, 3.63) is 110 Å². The topological polar surface area (TPSA) is 107 Å². The number of thioether (sulfide) groups is 1. The first-order valence-electron chi connectivity index (χ1n) is 10.2. The lowest BCUT2D eigenvalue weighted by molar-refractivity contribution is -0.385. The van der Waals surface area contributed by atoms with Gasteiger partial charge in [-0.05, 0) is 54.6 Å². The van der Waals surface area contributed by atoms with E-state index in [-0.39, 0.29) is 22.7 Å². The number of benzene rings is 3. The van der Waals surface area contributed by atoms with Crippen LogP contribution in [0.4, 0.5) is 10.5 Å². The van der Waals surface area contributed by atoms with Crippen LogP contribution in [-0.2, 0) is 11.3 Å². The SMILES string of the molecule is Cc1ccc(C(=O)Oc2ccc(/C=C3\SC(=O)N(Cc4ccccc4[N+](=O)[O-])C3=O)cc2)cc1. The Kier molecular flexibility index (Phi) is 6.55. The highest BCUT2D eigenvalue weighted by Gasteiger charge is 2.36. The summed E-state index contributed by atoms with van der Waals surface area (Å²) in [6.45, 7) is 1.74.